The van der Waals surface area contributed by atoms with Crippen molar-refractivity contribution in [1.29, 1.82) is 0 Å². The summed E-state index contributed by atoms with van der Waals surface area (Å²) in [6, 6.07) is 27.1. The third-order valence-electron chi connectivity index (χ3n) is 11.7. The van der Waals surface area contributed by atoms with Gasteiger partial charge in [-0.05, 0) is 80.4 Å². The molecule has 2 unspecified atom stereocenters. The fourth-order valence-corrected chi connectivity index (χ4v) is 8.74. The minimum atomic E-state index is -1.86. The Kier molecular flexibility index (Phi) is 12.1. The number of aromatic nitrogens is 3. The molecule has 3 amide bonds. The molecule has 61 heavy (non-hydrogen) atoms. The van der Waals surface area contributed by atoms with Crippen molar-refractivity contribution in [2.24, 2.45) is 0 Å². The normalized spacial score (nSPS) is 23.1. The molecular formula is C46H51F2N7O6. The second kappa shape index (κ2) is 17.6. The highest BCUT2D eigenvalue weighted by Crippen LogP contribution is 2.50. The van der Waals surface area contributed by atoms with Crippen LogP contribution in [-0.2, 0) is 26.4 Å². The zero-order chi connectivity index (χ0) is 42.7. The molecule has 1 N–H and O–H groups in total. The van der Waals surface area contributed by atoms with Gasteiger partial charge in [0.1, 0.15) is 48.4 Å². The van der Waals surface area contributed by atoms with Gasteiger partial charge in [0.15, 0.2) is 6.29 Å². The van der Waals surface area contributed by atoms with E-state index >= 15 is 4.39 Å². The van der Waals surface area contributed by atoms with Crippen LogP contribution in [0.15, 0.2) is 110 Å². The van der Waals surface area contributed by atoms with Crippen LogP contribution < -0.4 is 19.4 Å². The Morgan fingerprint density at radius 1 is 0.869 bits per heavy atom. The number of halogens is 2. The summed E-state index contributed by atoms with van der Waals surface area (Å²) in [4.78, 5) is 38.1. The minimum Gasteiger partial charge on any atom is -0.488 e. The van der Waals surface area contributed by atoms with Crippen LogP contribution in [0.5, 0.6) is 5.75 Å². The Morgan fingerprint density at radius 2 is 1.52 bits per heavy atom. The van der Waals surface area contributed by atoms with Crippen molar-refractivity contribution < 1.29 is 37.7 Å². The molecule has 0 bridgehead atoms. The average Bonchev–Trinajstić information content (AvgIpc) is 3.96. The number of unbranched alkanes of at least 4 members (excludes halogenated alkanes) is 2. The van der Waals surface area contributed by atoms with E-state index in [1.807, 2.05) is 80.6 Å². The van der Waals surface area contributed by atoms with E-state index in [4.69, 9.17) is 14.2 Å². The molecule has 13 nitrogen and oxygen atoms in total. The Bertz CT molecular complexity index is 2280. The van der Waals surface area contributed by atoms with E-state index in [0.717, 1.165) is 66.9 Å². The monoisotopic (exact) mass is 835 g/mol. The molecule has 1 aromatic heterocycles. The first-order chi connectivity index (χ1) is 29.5. The number of benzene rings is 4. The molecular weight excluding hydrogens is 785 g/mol. The number of piperazine rings is 1. The first-order valence-corrected chi connectivity index (χ1v) is 20.9. The molecule has 3 saturated heterocycles. The lowest BCUT2D eigenvalue weighted by Gasteiger charge is -2.37. The second-order valence-corrected chi connectivity index (χ2v) is 16.0. The van der Waals surface area contributed by atoms with Crippen molar-refractivity contribution in [3.63, 3.8) is 0 Å². The summed E-state index contributed by atoms with van der Waals surface area (Å²) in [5, 5.41) is 15.7. The molecule has 0 radical (unpaired) electrons. The number of urea groups is 1. The molecule has 0 aliphatic carbocycles. The second-order valence-electron chi connectivity index (χ2n) is 16.0. The molecule has 4 aromatic carbocycles. The number of carbonyl (C=O) groups is 2. The maximum atomic E-state index is 15.6. The van der Waals surface area contributed by atoms with Crippen molar-refractivity contribution in [1.82, 2.24) is 19.7 Å². The van der Waals surface area contributed by atoms with Gasteiger partial charge in [-0.1, -0.05) is 56.2 Å². The number of anilines is 3. The highest BCUT2D eigenvalue weighted by molar-refractivity contribution is 6.22. The number of rotatable bonds is 15. The number of hydrogen-bond acceptors (Lipinski definition) is 10. The van der Waals surface area contributed by atoms with E-state index in [1.54, 1.807) is 12.1 Å². The van der Waals surface area contributed by atoms with Gasteiger partial charge in [-0.3, -0.25) is 9.69 Å². The van der Waals surface area contributed by atoms with Crippen molar-refractivity contribution >= 4 is 29.0 Å². The maximum absolute atomic E-state index is 15.6. The predicted octanol–water partition coefficient (Wildman–Crippen LogP) is 7.42. The molecule has 0 saturated carbocycles. The Balaban J connectivity index is 0.896. The lowest BCUT2D eigenvalue weighted by molar-refractivity contribution is -0.150. The van der Waals surface area contributed by atoms with Crippen LogP contribution in [-0.4, -0.2) is 87.6 Å². The summed E-state index contributed by atoms with van der Waals surface area (Å²) in [5.74, 6) is -1.47. The van der Waals surface area contributed by atoms with Crippen LogP contribution in [0, 0.1) is 11.6 Å². The smallest absolute Gasteiger partial charge is 0.334 e. The van der Waals surface area contributed by atoms with E-state index in [1.165, 1.54) is 34.4 Å². The first-order valence-electron chi connectivity index (χ1n) is 20.9. The maximum Gasteiger partial charge on any atom is 0.334 e. The third-order valence-corrected chi connectivity index (χ3v) is 11.7. The van der Waals surface area contributed by atoms with Crippen LogP contribution >= 0.6 is 0 Å². The van der Waals surface area contributed by atoms with Crippen molar-refractivity contribution in [3.05, 3.63) is 132 Å². The molecule has 3 fully saturated rings. The number of aliphatic hydroxyl groups is 1. The number of amides is 3. The number of hydrogen-bond donors (Lipinski definition) is 1. The summed E-state index contributed by atoms with van der Waals surface area (Å²) in [6.07, 6.45) is 3.84. The van der Waals surface area contributed by atoms with Gasteiger partial charge in [-0.2, -0.15) is 5.10 Å². The van der Waals surface area contributed by atoms with E-state index in [2.05, 4.69) is 26.8 Å². The van der Waals surface area contributed by atoms with Crippen LogP contribution in [0.1, 0.15) is 63.7 Å². The van der Waals surface area contributed by atoms with Crippen LogP contribution in [0.25, 0.3) is 0 Å². The Hall–Kier alpha value is -5.90. The quantitative estimate of drug-likeness (QED) is 0.0842. The number of carbonyl (C=O) groups excluding carboxylic acids is 2. The number of imide groups is 1. The molecule has 4 heterocycles. The summed E-state index contributed by atoms with van der Waals surface area (Å²) in [5.41, 5.74) is 0.0284. The molecule has 3 aliphatic rings. The van der Waals surface area contributed by atoms with Crippen LogP contribution in [0.2, 0.25) is 0 Å². The lowest BCUT2D eigenvalue weighted by Crippen LogP contribution is -2.52. The first kappa shape index (κ1) is 41.8. The van der Waals surface area contributed by atoms with E-state index in [-0.39, 0.29) is 31.2 Å². The molecule has 15 heteroatoms. The standard InChI is InChI=1S/C46H51F2N7O6/c1-4-5-9-22-46(58)43(56)54(44(57)55(46)32(2)3)37-15-13-35(14-16-37)51-23-25-52(26-24-51)36-17-19-38(20-18-36)59-28-41-60-42(33-10-7-6-8-11-33)45(61-41,29-53-31-49-30-50-53)39-21-12-34(47)27-40(39)48/h6-8,10-21,27,30-32,41-42,58H,4-5,9,22-26,28-29H2,1-3H3/t41-,42?,45-,46?/m0/s1. The highest BCUT2D eigenvalue weighted by atomic mass is 19.1. The molecule has 0 spiro atoms. The summed E-state index contributed by atoms with van der Waals surface area (Å²) in [6.45, 7) is 8.74. The third kappa shape index (κ3) is 8.29. The van der Waals surface area contributed by atoms with Gasteiger partial charge in [0.2, 0.25) is 5.72 Å². The Morgan fingerprint density at radius 3 is 2.13 bits per heavy atom. The van der Waals surface area contributed by atoms with Gasteiger partial charge < -0.3 is 29.1 Å². The van der Waals surface area contributed by atoms with E-state index in [9.17, 15) is 19.1 Å². The number of nitrogens with zero attached hydrogens (tertiary/aromatic N) is 7. The number of ether oxygens (including phenoxy) is 3. The van der Waals surface area contributed by atoms with Crippen LogP contribution in [0.4, 0.5) is 30.6 Å². The van der Waals surface area contributed by atoms with Gasteiger partial charge in [0.05, 0.1) is 12.2 Å². The SMILES string of the molecule is CCCCCC1(O)C(=O)N(c2ccc(N3CCN(c4ccc(OC[C@H]5OC(c6ccccc6)[C@](Cn6cncn6)(c6ccc(F)cc6F)O5)cc4)CC3)cc2)C(=O)N1C(C)C. The van der Waals surface area contributed by atoms with Crippen molar-refractivity contribution in [2.45, 2.75) is 82.8 Å². The summed E-state index contributed by atoms with van der Waals surface area (Å²) in [7, 11) is 0. The van der Waals surface area contributed by atoms with Gasteiger partial charge >= 0.3 is 6.03 Å². The summed E-state index contributed by atoms with van der Waals surface area (Å²) < 4.78 is 50.6. The van der Waals surface area contributed by atoms with Crippen molar-refractivity contribution in [2.75, 3.05) is 47.5 Å². The molecule has 8 rings (SSSR count). The van der Waals surface area contributed by atoms with Gasteiger partial charge in [-0.15, -0.1) is 0 Å². The van der Waals surface area contributed by atoms with Crippen LogP contribution in [0.3, 0.4) is 0 Å². The Labute approximate surface area is 354 Å². The summed E-state index contributed by atoms with van der Waals surface area (Å²) >= 11 is 0. The largest absolute Gasteiger partial charge is 0.488 e. The fourth-order valence-electron chi connectivity index (χ4n) is 8.74. The molecule has 320 valence electrons. The molecule has 5 aromatic rings. The highest BCUT2D eigenvalue weighted by Gasteiger charge is 2.58. The van der Waals surface area contributed by atoms with Gasteiger partial charge in [0.25, 0.3) is 5.91 Å². The van der Waals surface area contributed by atoms with Gasteiger partial charge in [0, 0.05) is 61.6 Å². The fraction of sp³-hybridized carbons (Fsp3) is 0.391. The minimum absolute atomic E-state index is 0.00202. The molecule has 3 aliphatic heterocycles. The zero-order valence-corrected chi connectivity index (χ0v) is 34.6. The van der Waals surface area contributed by atoms with E-state index in [0.29, 0.717) is 17.9 Å². The topological polar surface area (TPSA) is 126 Å². The molecule has 4 atom stereocenters. The lowest BCUT2D eigenvalue weighted by atomic mass is 9.84. The average molecular weight is 836 g/mol. The predicted molar refractivity (Wildman–Crippen MR) is 225 cm³/mol. The van der Waals surface area contributed by atoms with Gasteiger partial charge in [-0.25, -0.2) is 28.1 Å². The van der Waals surface area contributed by atoms with E-state index < -0.39 is 47.3 Å². The van der Waals surface area contributed by atoms with Crippen molar-refractivity contribution in [3.8, 4) is 5.75 Å². The zero-order valence-electron chi connectivity index (χ0n) is 34.6.